The molecule has 2 saturated carbocycles. The summed E-state index contributed by atoms with van der Waals surface area (Å²) < 4.78 is 14.2. The van der Waals surface area contributed by atoms with E-state index in [1.165, 1.54) is 5.57 Å². The Morgan fingerprint density at radius 3 is 2.77 bits per heavy atom. The van der Waals surface area contributed by atoms with Gasteiger partial charge in [-0.2, -0.15) is 0 Å². The van der Waals surface area contributed by atoms with Crippen molar-refractivity contribution >= 4 is 0 Å². The van der Waals surface area contributed by atoms with E-state index in [-0.39, 0.29) is 22.9 Å². The van der Waals surface area contributed by atoms with E-state index in [1.807, 2.05) is 6.08 Å². The van der Waals surface area contributed by atoms with Crippen molar-refractivity contribution in [3.63, 3.8) is 0 Å². The Hall–Kier alpha value is -0.670. The molecule has 0 aromatic carbocycles. The van der Waals surface area contributed by atoms with Gasteiger partial charge in [0.1, 0.15) is 6.17 Å². The number of hydrogen-bond donors (Lipinski definition) is 2. The molecule has 0 aliphatic heterocycles. The van der Waals surface area contributed by atoms with Gasteiger partial charge in [-0.25, -0.2) is 4.39 Å². The fourth-order valence-electron chi connectivity index (χ4n) is 6.18. The van der Waals surface area contributed by atoms with Crippen LogP contribution in [-0.4, -0.2) is 28.6 Å². The molecule has 0 amide bonds. The van der Waals surface area contributed by atoms with Gasteiger partial charge in [0.2, 0.25) is 0 Å². The summed E-state index contributed by atoms with van der Waals surface area (Å²) in [6.07, 6.45) is 8.45. The molecular weight excluding hydrogens is 279 g/mol. The summed E-state index contributed by atoms with van der Waals surface area (Å²) in [6, 6.07) is 0. The van der Waals surface area contributed by atoms with Crippen LogP contribution in [0.25, 0.3) is 0 Å². The molecule has 3 heteroatoms. The second-order valence-electron chi connectivity index (χ2n) is 8.50. The van der Waals surface area contributed by atoms with Gasteiger partial charge in [0, 0.05) is 5.41 Å². The lowest BCUT2D eigenvalue weighted by molar-refractivity contribution is -0.0627. The van der Waals surface area contributed by atoms with E-state index < -0.39 is 12.3 Å². The molecule has 2 fully saturated rings. The van der Waals surface area contributed by atoms with E-state index in [4.69, 9.17) is 0 Å². The summed E-state index contributed by atoms with van der Waals surface area (Å²) in [7, 11) is 0. The normalized spacial score (nSPS) is 56.9. The van der Waals surface area contributed by atoms with E-state index in [0.717, 1.165) is 25.7 Å². The van der Waals surface area contributed by atoms with Gasteiger partial charge in [0.05, 0.1) is 12.2 Å². The Kier molecular flexibility index (Phi) is 3.16. The summed E-state index contributed by atoms with van der Waals surface area (Å²) in [5, 5.41) is 20.2. The number of rotatable bonds is 0. The Balaban J connectivity index is 1.71. The molecule has 3 unspecified atom stereocenters. The Morgan fingerprint density at radius 1 is 1.23 bits per heavy atom. The largest absolute Gasteiger partial charge is 0.390 e. The lowest BCUT2D eigenvalue weighted by Crippen LogP contribution is -2.50. The average molecular weight is 306 g/mol. The average Bonchev–Trinajstić information content (AvgIpc) is 2.72. The molecule has 122 valence electrons. The van der Waals surface area contributed by atoms with Gasteiger partial charge in [0.15, 0.2) is 0 Å². The molecule has 8 atom stereocenters. The standard InChI is InChI=1S/C19H27FO2/c1-18-7-5-12(21)9-11(18)3-4-13-14(18)6-8-19(2)15(13)10-16(20)17(19)22/h3,5,7,12-17,21-22H,4,6,8-10H2,1-2H3/t12?,13-,14-,15+,16?,17?,18+,19+/m1/s1. The number of hydrogen-bond acceptors (Lipinski definition) is 2. The third kappa shape index (κ3) is 1.78. The van der Waals surface area contributed by atoms with Crippen molar-refractivity contribution in [2.45, 2.75) is 64.3 Å². The zero-order valence-electron chi connectivity index (χ0n) is 13.5. The van der Waals surface area contributed by atoms with Crippen LogP contribution in [0.5, 0.6) is 0 Å². The van der Waals surface area contributed by atoms with Crippen LogP contribution in [0.1, 0.15) is 46.0 Å². The first-order valence-electron chi connectivity index (χ1n) is 8.75. The SMILES string of the molecule is C[C@]12C=CC(O)CC1=CC[C@@H]1[C@H]2CC[C@]2(C)C(O)C(F)C[C@@H]12. The highest BCUT2D eigenvalue weighted by Gasteiger charge is 2.60. The van der Waals surface area contributed by atoms with E-state index in [2.05, 4.69) is 26.0 Å². The summed E-state index contributed by atoms with van der Waals surface area (Å²) in [6.45, 7) is 4.39. The molecule has 4 rings (SSSR count). The van der Waals surface area contributed by atoms with Crippen LogP contribution in [0.2, 0.25) is 0 Å². The molecular formula is C19H27FO2. The summed E-state index contributed by atoms with van der Waals surface area (Å²) >= 11 is 0. The van der Waals surface area contributed by atoms with Crippen molar-refractivity contribution in [3.05, 3.63) is 23.8 Å². The van der Waals surface area contributed by atoms with Gasteiger partial charge in [-0.3, -0.25) is 0 Å². The third-order valence-corrected chi connectivity index (χ3v) is 7.56. The van der Waals surface area contributed by atoms with Gasteiger partial charge in [0.25, 0.3) is 0 Å². The Bertz CT molecular complexity index is 542. The lowest BCUT2D eigenvalue weighted by Gasteiger charge is -2.56. The molecule has 4 aliphatic carbocycles. The highest BCUT2D eigenvalue weighted by Crippen LogP contribution is 2.64. The van der Waals surface area contributed by atoms with E-state index in [0.29, 0.717) is 18.3 Å². The topological polar surface area (TPSA) is 40.5 Å². The van der Waals surface area contributed by atoms with Gasteiger partial charge in [-0.15, -0.1) is 0 Å². The minimum atomic E-state index is -1.06. The van der Waals surface area contributed by atoms with Crippen LogP contribution in [0.3, 0.4) is 0 Å². The van der Waals surface area contributed by atoms with Crippen LogP contribution in [0.4, 0.5) is 4.39 Å². The second kappa shape index (κ2) is 4.67. The number of aliphatic hydroxyl groups is 2. The van der Waals surface area contributed by atoms with Crippen molar-refractivity contribution in [1.29, 1.82) is 0 Å². The van der Waals surface area contributed by atoms with Crippen LogP contribution in [-0.2, 0) is 0 Å². The van der Waals surface area contributed by atoms with Gasteiger partial charge in [-0.05, 0) is 55.3 Å². The lowest BCUT2D eigenvalue weighted by atomic mass is 9.49. The van der Waals surface area contributed by atoms with Gasteiger partial charge >= 0.3 is 0 Å². The van der Waals surface area contributed by atoms with E-state index in [1.54, 1.807) is 0 Å². The minimum Gasteiger partial charge on any atom is -0.390 e. The zero-order chi connectivity index (χ0) is 15.7. The smallest absolute Gasteiger partial charge is 0.127 e. The first-order valence-corrected chi connectivity index (χ1v) is 8.75. The predicted molar refractivity (Wildman–Crippen MR) is 83.9 cm³/mol. The van der Waals surface area contributed by atoms with Crippen molar-refractivity contribution in [1.82, 2.24) is 0 Å². The number of aliphatic hydroxyl groups excluding tert-OH is 2. The summed E-state index contributed by atoms with van der Waals surface area (Å²) in [4.78, 5) is 0. The Morgan fingerprint density at radius 2 is 2.00 bits per heavy atom. The van der Waals surface area contributed by atoms with Gasteiger partial charge in [-0.1, -0.05) is 37.6 Å². The molecule has 22 heavy (non-hydrogen) atoms. The van der Waals surface area contributed by atoms with Crippen molar-refractivity contribution < 1.29 is 14.6 Å². The first-order chi connectivity index (χ1) is 10.4. The minimum absolute atomic E-state index is 0.0167. The number of halogens is 1. The van der Waals surface area contributed by atoms with Crippen LogP contribution >= 0.6 is 0 Å². The molecule has 4 aliphatic rings. The van der Waals surface area contributed by atoms with Gasteiger partial charge < -0.3 is 10.2 Å². The predicted octanol–water partition coefficient (Wildman–Crippen LogP) is 3.40. The molecule has 0 radical (unpaired) electrons. The second-order valence-corrected chi connectivity index (χ2v) is 8.50. The number of fused-ring (bicyclic) bond motifs is 5. The molecule has 0 aromatic rings. The highest BCUT2D eigenvalue weighted by molar-refractivity contribution is 5.33. The molecule has 0 aromatic heterocycles. The number of alkyl halides is 1. The maximum absolute atomic E-state index is 14.2. The van der Waals surface area contributed by atoms with E-state index >= 15 is 0 Å². The molecule has 2 N–H and O–H groups in total. The molecule has 2 nitrogen and oxygen atoms in total. The zero-order valence-corrected chi connectivity index (χ0v) is 13.5. The molecule has 0 bridgehead atoms. The summed E-state index contributed by atoms with van der Waals surface area (Å²) in [5.74, 6) is 1.26. The molecule has 0 saturated heterocycles. The van der Waals surface area contributed by atoms with Crippen molar-refractivity contribution in [2.75, 3.05) is 0 Å². The fourth-order valence-corrected chi connectivity index (χ4v) is 6.18. The Labute approximate surface area is 132 Å². The maximum atomic E-state index is 14.2. The maximum Gasteiger partial charge on any atom is 0.127 e. The van der Waals surface area contributed by atoms with Crippen LogP contribution in [0, 0.1) is 28.6 Å². The first kappa shape index (κ1) is 14.9. The van der Waals surface area contributed by atoms with E-state index in [9.17, 15) is 14.6 Å². The molecule has 0 heterocycles. The quantitative estimate of drug-likeness (QED) is 0.673. The summed E-state index contributed by atoms with van der Waals surface area (Å²) in [5.41, 5.74) is 1.13. The monoisotopic (exact) mass is 306 g/mol. The molecule has 0 spiro atoms. The van der Waals surface area contributed by atoms with Crippen molar-refractivity contribution in [3.8, 4) is 0 Å². The third-order valence-electron chi connectivity index (χ3n) is 7.56. The number of allylic oxidation sites excluding steroid dienone is 2. The van der Waals surface area contributed by atoms with Crippen LogP contribution in [0.15, 0.2) is 23.8 Å². The fraction of sp³-hybridized carbons (Fsp3) is 0.789. The van der Waals surface area contributed by atoms with Crippen molar-refractivity contribution in [2.24, 2.45) is 28.6 Å². The highest BCUT2D eigenvalue weighted by atomic mass is 19.1. The van der Waals surface area contributed by atoms with Crippen LogP contribution < -0.4 is 0 Å².